The van der Waals surface area contributed by atoms with Crippen LogP contribution in [0.3, 0.4) is 0 Å². The molecule has 1 fully saturated rings. The number of carbonyl (C=O) groups excluding carboxylic acids is 1. The zero-order valence-electron chi connectivity index (χ0n) is 13.0. The lowest BCUT2D eigenvalue weighted by atomic mass is 9.88. The first-order valence-corrected chi connectivity index (χ1v) is 7.27. The highest BCUT2D eigenvalue weighted by Crippen LogP contribution is 2.52. The van der Waals surface area contributed by atoms with E-state index in [2.05, 4.69) is 20.8 Å². The molecule has 4 nitrogen and oxygen atoms in total. The molecule has 21 heavy (non-hydrogen) atoms. The van der Waals surface area contributed by atoms with Crippen LogP contribution < -0.4 is 0 Å². The predicted octanol–water partition coefficient (Wildman–Crippen LogP) is 3.15. The fourth-order valence-corrected chi connectivity index (χ4v) is 3.45. The molecule has 0 amide bonds. The number of esters is 1. The highest BCUT2D eigenvalue weighted by atomic mass is 16.7. The lowest BCUT2D eigenvalue weighted by Crippen LogP contribution is -2.47. The summed E-state index contributed by atoms with van der Waals surface area (Å²) in [5.74, 6) is 0.314. The molecule has 2 aliphatic heterocycles. The molecule has 4 heteroatoms. The lowest BCUT2D eigenvalue weighted by molar-refractivity contribution is -0.164. The van der Waals surface area contributed by atoms with Crippen molar-refractivity contribution in [1.29, 1.82) is 0 Å². The van der Waals surface area contributed by atoms with Crippen LogP contribution in [0.1, 0.15) is 39.2 Å². The van der Waals surface area contributed by atoms with Gasteiger partial charge in [0.25, 0.3) is 0 Å². The maximum Gasteiger partial charge on any atom is 0.339 e. The van der Waals surface area contributed by atoms with E-state index in [4.69, 9.17) is 9.57 Å². The molecule has 112 valence electrons. The van der Waals surface area contributed by atoms with Crippen LogP contribution in [-0.4, -0.2) is 29.2 Å². The van der Waals surface area contributed by atoms with Gasteiger partial charge in [0.15, 0.2) is 5.76 Å². The van der Waals surface area contributed by atoms with Gasteiger partial charge in [0.05, 0.1) is 18.2 Å². The number of benzene rings is 1. The zero-order valence-corrected chi connectivity index (χ0v) is 13.0. The summed E-state index contributed by atoms with van der Waals surface area (Å²) in [6, 6.07) is 9.74. The first kappa shape index (κ1) is 14.1. The number of ether oxygens (including phenoxy) is 1. The monoisotopic (exact) mass is 287 g/mol. The van der Waals surface area contributed by atoms with Gasteiger partial charge in [-0.25, -0.2) is 4.79 Å². The smallest absolute Gasteiger partial charge is 0.339 e. The maximum absolute atomic E-state index is 12.4. The molecule has 3 rings (SSSR count). The van der Waals surface area contributed by atoms with Gasteiger partial charge in [-0.05, 0) is 33.6 Å². The van der Waals surface area contributed by atoms with E-state index in [1.54, 1.807) is 0 Å². The van der Waals surface area contributed by atoms with Crippen molar-refractivity contribution in [3.63, 3.8) is 0 Å². The molecule has 0 aliphatic carbocycles. The molecular formula is C17H21NO3. The van der Waals surface area contributed by atoms with Gasteiger partial charge in [0, 0.05) is 5.56 Å². The van der Waals surface area contributed by atoms with Crippen LogP contribution >= 0.6 is 0 Å². The van der Waals surface area contributed by atoms with E-state index in [0.717, 1.165) is 18.4 Å². The lowest BCUT2D eigenvalue weighted by Gasteiger charge is -2.35. The van der Waals surface area contributed by atoms with E-state index in [1.165, 1.54) is 7.11 Å². The highest BCUT2D eigenvalue weighted by molar-refractivity contribution is 5.99. The second kappa shape index (κ2) is 4.60. The highest BCUT2D eigenvalue weighted by Gasteiger charge is 2.59. The zero-order chi connectivity index (χ0) is 15.3. The normalized spacial score (nSPS) is 27.4. The molecule has 2 aliphatic rings. The number of hydrogen-bond donors (Lipinski definition) is 0. The SMILES string of the molecule is COC(=O)C1=C(c2ccccc2)ON2C(C)(C)CCC12C. The number of methoxy groups -OCH3 is 1. The number of hydrogen-bond acceptors (Lipinski definition) is 4. The molecule has 0 saturated carbocycles. The number of rotatable bonds is 2. The van der Waals surface area contributed by atoms with Gasteiger partial charge in [0.2, 0.25) is 0 Å². The van der Waals surface area contributed by atoms with Gasteiger partial charge >= 0.3 is 5.97 Å². The van der Waals surface area contributed by atoms with E-state index in [1.807, 2.05) is 35.4 Å². The Balaban J connectivity index is 2.15. The molecule has 0 radical (unpaired) electrons. The van der Waals surface area contributed by atoms with Crippen molar-refractivity contribution in [2.24, 2.45) is 0 Å². The molecule has 2 heterocycles. The number of fused-ring (bicyclic) bond motifs is 1. The summed E-state index contributed by atoms with van der Waals surface area (Å²) in [5.41, 5.74) is 0.998. The summed E-state index contributed by atoms with van der Waals surface area (Å²) in [4.78, 5) is 18.5. The van der Waals surface area contributed by atoms with Crippen molar-refractivity contribution < 1.29 is 14.4 Å². The van der Waals surface area contributed by atoms with Crippen molar-refractivity contribution >= 4 is 11.7 Å². The maximum atomic E-state index is 12.4. The Morgan fingerprint density at radius 2 is 1.86 bits per heavy atom. The van der Waals surface area contributed by atoms with Gasteiger partial charge < -0.3 is 9.57 Å². The van der Waals surface area contributed by atoms with Crippen molar-refractivity contribution in [2.75, 3.05) is 7.11 Å². The minimum Gasteiger partial charge on any atom is -0.465 e. The molecule has 0 bridgehead atoms. The molecule has 1 atom stereocenters. The Morgan fingerprint density at radius 1 is 1.19 bits per heavy atom. The van der Waals surface area contributed by atoms with Crippen LogP contribution in [0.5, 0.6) is 0 Å². The fourth-order valence-electron chi connectivity index (χ4n) is 3.45. The van der Waals surface area contributed by atoms with Gasteiger partial charge in [-0.15, -0.1) is 5.06 Å². The van der Waals surface area contributed by atoms with E-state index >= 15 is 0 Å². The molecule has 1 aromatic rings. The topological polar surface area (TPSA) is 38.8 Å². The minimum absolute atomic E-state index is 0.107. The molecule has 0 aromatic heterocycles. The van der Waals surface area contributed by atoms with E-state index in [0.29, 0.717) is 11.3 Å². The van der Waals surface area contributed by atoms with Crippen LogP contribution in [0, 0.1) is 0 Å². The molecule has 0 spiro atoms. The van der Waals surface area contributed by atoms with Crippen molar-refractivity contribution in [3.8, 4) is 0 Å². The summed E-state index contributed by atoms with van der Waals surface area (Å²) in [5, 5.41) is 1.97. The second-order valence-electron chi connectivity index (χ2n) is 6.53. The van der Waals surface area contributed by atoms with Crippen LogP contribution in [0.15, 0.2) is 35.9 Å². The van der Waals surface area contributed by atoms with Crippen LogP contribution in [0.2, 0.25) is 0 Å². The predicted molar refractivity (Wildman–Crippen MR) is 80.0 cm³/mol. The van der Waals surface area contributed by atoms with Crippen molar-refractivity contribution in [3.05, 3.63) is 41.5 Å². The first-order chi connectivity index (χ1) is 9.90. The average molecular weight is 287 g/mol. The van der Waals surface area contributed by atoms with Gasteiger partial charge in [0.1, 0.15) is 5.57 Å². The third-order valence-electron chi connectivity index (χ3n) is 4.60. The number of carbonyl (C=O) groups is 1. The Morgan fingerprint density at radius 3 is 2.48 bits per heavy atom. The summed E-state index contributed by atoms with van der Waals surface area (Å²) < 4.78 is 5.02. The largest absolute Gasteiger partial charge is 0.465 e. The fraction of sp³-hybridized carbons (Fsp3) is 0.471. The number of hydroxylamine groups is 2. The minimum atomic E-state index is -0.429. The quantitative estimate of drug-likeness (QED) is 0.783. The van der Waals surface area contributed by atoms with Crippen LogP contribution in [0.25, 0.3) is 5.76 Å². The van der Waals surface area contributed by atoms with E-state index in [-0.39, 0.29) is 11.5 Å². The Bertz CT molecular complexity index is 606. The first-order valence-electron chi connectivity index (χ1n) is 7.27. The van der Waals surface area contributed by atoms with Crippen molar-refractivity contribution in [2.45, 2.75) is 44.7 Å². The molecule has 1 aromatic carbocycles. The average Bonchev–Trinajstić information content (AvgIpc) is 2.91. The Labute approximate surface area is 125 Å². The molecule has 1 saturated heterocycles. The summed E-state index contributed by atoms with van der Waals surface area (Å²) >= 11 is 0. The van der Waals surface area contributed by atoms with Crippen LogP contribution in [0.4, 0.5) is 0 Å². The van der Waals surface area contributed by atoms with Crippen LogP contribution in [-0.2, 0) is 14.4 Å². The van der Waals surface area contributed by atoms with Gasteiger partial charge in [-0.3, -0.25) is 0 Å². The third kappa shape index (κ3) is 1.97. The molecule has 1 unspecified atom stereocenters. The summed E-state index contributed by atoms with van der Waals surface area (Å²) in [7, 11) is 1.42. The summed E-state index contributed by atoms with van der Waals surface area (Å²) in [6.45, 7) is 6.34. The molecular weight excluding hydrogens is 266 g/mol. The van der Waals surface area contributed by atoms with E-state index in [9.17, 15) is 4.79 Å². The Kier molecular flexibility index (Phi) is 3.10. The third-order valence-corrected chi connectivity index (χ3v) is 4.60. The summed E-state index contributed by atoms with van der Waals surface area (Å²) in [6.07, 6.45) is 1.85. The van der Waals surface area contributed by atoms with E-state index < -0.39 is 5.54 Å². The number of nitrogens with zero attached hydrogens (tertiary/aromatic N) is 1. The Hall–Kier alpha value is -1.81. The molecule has 0 N–H and O–H groups in total. The standard InChI is InChI=1S/C17H21NO3/c1-16(2)10-11-17(3)13(15(19)20-4)14(21-18(16)17)12-8-6-5-7-9-12/h5-9H,10-11H2,1-4H3. The second-order valence-corrected chi connectivity index (χ2v) is 6.53. The van der Waals surface area contributed by atoms with Gasteiger partial charge in [-0.1, -0.05) is 30.3 Å². The van der Waals surface area contributed by atoms with Crippen molar-refractivity contribution in [1.82, 2.24) is 5.06 Å². The van der Waals surface area contributed by atoms with Gasteiger partial charge in [-0.2, -0.15) is 0 Å².